The fourth-order valence-electron chi connectivity index (χ4n) is 4.26. The van der Waals surface area contributed by atoms with Crippen molar-refractivity contribution >= 4 is 33.9 Å². The molecule has 3 aromatic heterocycles. The lowest BCUT2D eigenvalue weighted by molar-refractivity contribution is 0.102. The summed E-state index contributed by atoms with van der Waals surface area (Å²) in [6.45, 7) is 4.72. The minimum Gasteiger partial charge on any atom is -0.491 e. The summed E-state index contributed by atoms with van der Waals surface area (Å²) in [4.78, 5) is 22.2. The zero-order valence-corrected chi connectivity index (χ0v) is 19.2. The highest BCUT2D eigenvalue weighted by Gasteiger charge is 2.18. The summed E-state index contributed by atoms with van der Waals surface area (Å²) < 4.78 is 9.07. The molecule has 0 saturated heterocycles. The Morgan fingerprint density at radius 1 is 1.26 bits per heavy atom. The number of benzene rings is 1. The van der Waals surface area contributed by atoms with Crippen molar-refractivity contribution in [1.82, 2.24) is 19.2 Å². The monoisotopic (exact) mass is 458 g/mol. The molecule has 9 heteroatoms. The molecule has 5 rings (SSSR count). The Morgan fingerprint density at radius 2 is 2.15 bits per heavy atom. The van der Waals surface area contributed by atoms with Crippen LogP contribution in [-0.4, -0.2) is 49.1 Å². The SMILES string of the molecule is CC1=NC(Cn2nc(C)c3c(NC(=O)c4cnc5cc(OCCO)ccn45)cccc32)=CCC1. The number of ether oxygens (including phenoxy) is 1. The van der Waals surface area contributed by atoms with Crippen LogP contribution in [-0.2, 0) is 6.54 Å². The van der Waals surface area contributed by atoms with Gasteiger partial charge in [0.1, 0.15) is 23.7 Å². The van der Waals surface area contributed by atoms with Gasteiger partial charge in [-0.3, -0.25) is 18.9 Å². The molecule has 0 saturated carbocycles. The van der Waals surface area contributed by atoms with Crippen molar-refractivity contribution in [1.29, 1.82) is 0 Å². The number of aryl methyl sites for hydroxylation is 1. The van der Waals surface area contributed by atoms with Crippen molar-refractivity contribution < 1.29 is 14.6 Å². The highest BCUT2D eigenvalue weighted by molar-refractivity contribution is 6.08. The Kier molecular flexibility index (Phi) is 5.85. The van der Waals surface area contributed by atoms with Crippen molar-refractivity contribution in [3.8, 4) is 5.75 Å². The topological polar surface area (TPSA) is 106 Å². The molecule has 1 aromatic carbocycles. The van der Waals surface area contributed by atoms with Gasteiger partial charge in [-0.15, -0.1) is 0 Å². The largest absolute Gasteiger partial charge is 0.491 e. The van der Waals surface area contributed by atoms with Crippen molar-refractivity contribution in [2.45, 2.75) is 33.2 Å². The molecule has 0 aliphatic carbocycles. The van der Waals surface area contributed by atoms with Crippen LogP contribution in [0.3, 0.4) is 0 Å². The van der Waals surface area contributed by atoms with E-state index in [-0.39, 0.29) is 19.1 Å². The lowest BCUT2D eigenvalue weighted by atomic mass is 10.1. The highest BCUT2D eigenvalue weighted by atomic mass is 16.5. The molecule has 0 spiro atoms. The van der Waals surface area contributed by atoms with E-state index in [0.717, 1.165) is 40.8 Å². The number of aromatic nitrogens is 4. The first-order valence-electron chi connectivity index (χ1n) is 11.2. The molecule has 1 aliphatic rings. The second kappa shape index (κ2) is 9.11. The maximum absolute atomic E-state index is 13.2. The van der Waals surface area contributed by atoms with Gasteiger partial charge in [-0.1, -0.05) is 12.1 Å². The number of fused-ring (bicyclic) bond motifs is 2. The molecule has 9 nitrogen and oxygen atoms in total. The van der Waals surface area contributed by atoms with Gasteiger partial charge in [0, 0.05) is 23.4 Å². The van der Waals surface area contributed by atoms with Crippen LogP contribution >= 0.6 is 0 Å². The lowest BCUT2D eigenvalue weighted by Crippen LogP contribution is -2.14. The van der Waals surface area contributed by atoms with Crippen LogP contribution in [0.15, 0.2) is 59.5 Å². The minimum atomic E-state index is -0.272. The Morgan fingerprint density at radius 3 is 2.97 bits per heavy atom. The molecule has 2 N–H and O–H groups in total. The molecule has 34 heavy (non-hydrogen) atoms. The second-order valence-corrected chi connectivity index (χ2v) is 8.28. The molecule has 0 bridgehead atoms. The minimum absolute atomic E-state index is 0.0702. The number of imidazole rings is 1. The average Bonchev–Trinajstić information content (AvgIpc) is 3.39. The van der Waals surface area contributed by atoms with E-state index in [4.69, 9.17) is 14.9 Å². The Balaban J connectivity index is 1.42. The first kappa shape index (κ1) is 21.8. The number of aliphatic hydroxyl groups is 1. The molecule has 0 unspecified atom stereocenters. The fraction of sp³-hybridized carbons (Fsp3) is 0.280. The van der Waals surface area contributed by atoms with Crippen molar-refractivity contribution in [2.75, 3.05) is 18.5 Å². The zero-order chi connectivity index (χ0) is 23.7. The van der Waals surface area contributed by atoms with Crippen LogP contribution in [0.4, 0.5) is 5.69 Å². The molecule has 174 valence electrons. The smallest absolute Gasteiger partial charge is 0.274 e. The van der Waals surface area contributed by atoms with Gasteiger partial charge in [-0.05, 0) is 44.9 Å². The van der Waals surface area contributed by atoms with Gasteiger partial charge < -0.3 is 15.2 Å². The number of anilines is 1. The van der Waals surface area contributed by atoms with Gasteiger partial charge in [0.05, 0.1) is 41.9 Å². The van der Waals surface area contributed by atoms with E-state index in [1.807, 2.05) is 29.8 Å². The number of carbonyl (C=O) groups is 1. The summed E-state index contributed by atoms with van der Waals surface area (Å²) in [5.74, 6) is 0.311. The number of allylic oxidation sites excluding steroid dienone is 2. The molecular weight excluding hydrogens is 432 g/mol. The van der Waals surface area contributed by atoms with Gasteiger partial charge >= 0.3 is 0 Å². The maximum atomic E-state index is 13.2. The van der Waals surface area contributed by atoms with Crippen molar-refractivity contribution in [3.63, 3.8) is 0 Å². The molecule has 0 radical (unpaired) electrons. The van der Waals surface area contributed by atoms with Gasteiger partial charge in [0.15, 0.2) is 0 Å². The number of rotatable bonds is 7. The van der Waals surface area contributed by atoms with Crippen LogP contribution in [0.2, 0.25) is 0 Å². The van der Waals surface area contributed by atoms with E-state index in [1.165, 1.54) is 6.20 Å². The number of aliphatic hydroxyl groups excluding tert-OH is 1. The lowest BCUT2D eigenvalue weighted by Gasteiger charge is -2.11. The van der Waals surface area contributed by atoms with Gasteiger partial charge in [-0.2, -0.15) is 5.10 Å². The molecule has 0 fully saturated rings. The van der Waals surface area contributed by atoms with Crippen LogP contribution < -0.4 is 10.1 Å². The summed E-state index contributed by atoms with van der Waals surface area (Å²) in [7, 11) is 0. The fourth-order valence-corrected chi connectivity index (χ4v) is 4.26. The van der Waals surface area contributed by atoms with Crippen LogP contribution in [0.5, 0.6) is 5.75 Å². The van der Waals surface area contributed by atoms with E-state index in [9.17, 15) is 4.79 Å². The molecule has 4 heterocycles. The number of hydrogen-bond donors (Lipinski definition) is 2. The summed E-state index contributed by atoms with van der Waals surface area (Å²) in [5.41, 5.74) is 5.61. The van der Waals surface area contributed by atoms with Crippen LogP contribution in [0, 0.1) is 6.92 Å². The quantitative estimate of drug-likeness (QED) is 0.439. The van der Waals surface area contributed by atoms with Crippen LogP contribution in [0.1, 0.15) is 35.9 Å². The first-order valence-corrected chi connectivity index (χ1v) is 11.2. The normalized spacial score (nSPS) is 13.7. The third kappa shape index (κ3) is 4.17. The summed E-state index contributed by atoms with van der Waals surface area (Å²) in [5, 5.41) is 17.6. The van der Waals surface area contributed by atoms with E-state index in [2.05, 4.69) is 28.3 Å². The maximum Gasteiger partial charge on any atom is 0.274 e. The van der Waals surface area contributed by atoms with E-state index in [0.29, 0.717) is 29.3 Å². The number of pyridine rings is 1. The van der Waals surface area contributed by atoms with E-state index >= 15 is 0 Å². The number of aliphatic imine (C=N–C) groups is 1. The molecule has 1 amide bonds. The number of hydrogen-bond acceptors (Lipinski definition) is 6. The summed E-state index contributed by atoms with van der Waals surface area (Å²) in [6.07, 6.45) is 7.42. The Bertz CT molecular complexity index is 1450. The highest BCUT2D eigenvalue weighted by Crippen LogP contribution is 2.28. The van der Waals surface area contributed by atoms with Gasteiger partial charge in [-0.25, -0.2) is 4.98 Å². The predicted octanol–water partition coefficient (Wildman–Crippen LogP) is 3.75. The number of amides is 1. The van der Waals surface area contributed by atoms with Gasteiger partial charge in [0.25, 0.3) is 5.91 Å². The predicted molar refractivity (Wildman–Crippen MR) is 131 cm³/mol. The Labute approximate surface area is 196 Å². The number of nitrogens with one attached hydrogen (secondary N) is 1. The standard InChI is InChI=1S/C25H26N6O3/c1-16-5-3-6-18(27-16)15-31-21-8-4-7-20(24(21)17(2)29-31)28-25(33)22-14-26-23-13-19(34-12-11-32)9-10-30(22)23/h4,6-10,13-14,32H,3,5,11-12,15H2,1-2H3,(H,28,33). The third-order valence-electron chi connectivity index (χ3n) is 5.81. The van der Waals surface area contributed by atoms with Crippen molar-refractivity contribution in [3.05, 3.63) is 65.9 Å². The molecule has 0 atom stereocenters. The first-order chi connectivity index (χ1) is 16.5. The number of carbonyl (C=O) groups excluding carboxylic acids is 1. The zero-order valence-electron chi connectivity index (χ0n) is 19.2. The number of nitrogens with zero attached hydrogens (tertiary/aromatic N) is 5. The molecule has 4 aromatic rings. The van der Waals surface area contributed by atoms with Crippen molar-refractivity contribution in [2.24, 2.45) is 4.99 Å². The third-order valence-corrected chi connectivity index (χ3v) is 5.81. The van der Waals surface area contributed by atoms with E-state index < -0.39 is 0 Å². The average molecular weight is 459 g/mol. The molecule has 1 aliphatic heterocycles. The summed E-state index contributed by atoms with van der Waals surface area (Å²) >= 11 is 0. The van der Waals surface area contributed by atoms with E-state index in [1.54, 1.807) is 22.7 Å². The molecular formula is C25H26N6O3. The second-order valence-electron chi connectivity index (χ2n) is 8.28. The van der Waals surface area contributed by atoms with Gasteiger partial charge in [0.2, 0.25) is 0 Å². The summed E-state index contributed by atoms with van der Waals surface area (Å²) in [6, 6.07) is 9.27. The van der Waals surface area contributed by atoms with Crippen LogP contribution in [0.25, 0.3) is 16.6 Å². The Hall–Kier alpha value is -3.98.